The Kier molecular flexibility index (Phi) is 3.27. The van der Waals surface area contributed by atoms with E-state index in [0.29, 0.717) is 11.1 Å². The Bertz CT molecular complexity index is 478. The Labute approximate surface area is 104 Å². The summed E-state index contributed by atoms with van der Waals surface area (Å²) in [6.07, 6.45) is -0.591. The zero-order valence-electron chi connectivity index (χ0n) is 9.80. The lowest BCUT2D eigenvalue weighted by molar-refractivity contribution is 0.0605. The van der Waals surface area contributed by atoms with Gasteiger partial charge in [0.05, 0.1) is 17.7 Å². The van der Waals surface area contributed by atoms with E-state index >= 15 is 0 Å². The lowest BCUT2D eigenvalue weighted by atomic mass is 10.1. The molecule has 1 aliphatic heterocycles. The van der Waals surface area contributed by atoms with Crippen molar-refractivity contribution in [2.24, 2.45) is 0 Å². The highest BCUT2D eigenvalue weighted by Crippen LogP contribution is 2.21. The summed E-state index contributed by atoms with van der Waals surface area (Å²) in [5.74, 6) is -0.702. The molecule has 0 atom stereocenters. The highest BCUT2D eigenvalue weighted by Gasteiger charge is 2.34. The van der Waals surface area contributed by atoms with Crippen molar-refractivity contribution in [2.45, 2.75) is 0 Å². The molecule has 0 saturated carbocycles. The van der Waals surface area contributed by atoms with Gasteiger partial charge in [-0.25, -0.2) is 4.79 Å². The minimum atomic E-state index is -0.591. The van der Waals surface area contributed by atoms with Crippen LogP contribution in [0.5, 0.6) is 0 Å². The number of nitrogens with one attached hydrogen (secondary N) is 1. The molecule has 0 saturated heterocycles. The first-order chi connectivity index (χ1) is 8.65. The Morgan fingerprint density at radius 1 is 1.22 bits per heavy atom. The number of ether oxygens (including phenoxy) is 1. The average molecular weight is 248 g/mol. The van der Waals surface area contributed by atoms with Crippen molar-refractivity contribution < 1.29 is 19.1 Å². The van der Waals surface area contributed by atoms with E-state index in [0.717, 1.165) is 4.90 Å². The van der Waals surface area contributed by atoms with Crippen molar-refractivity contribution in [3.05, 3.63) is 35.4 Å². The van der Waals surface area contributed by atoms with Crippen LogP contribution in [0.1, 0.15) is 20.7 Å². The first kappa shape index (κ1) is 12.1. The summed E-state index contributed by atoms with van der Waals surface area (Å²) in [7, 11) is 1.43. The van der Waals surface area contributed by atoms with Gasteiger partial charge in [-0.2, -0.15) is 0 Å². The summed E-state index contributed by atoms with van der Waals surface area (Å²) in [5, 5.41) is 2.28. The van der Waals surface area contributed by atoms with Gasteiger partial charge < -0.3 is 10.1 Å². The third kappa shape index (κ3) is 2.04. The van der Waals surface area contributed by atoms with Crippen molar-refractivity contribution >= 4 is 17.9 Å². The number of alkyl carbamates (subject to hydrolysis) is 1. The smallest absolute Gasteiger partial charge is 0.406 e. The summed E-state index contributed by atoms with van der Waals surface area (Å²) in [4.78, 5) is 35.7. The molecule has 3 amide bonds. The molecule has 2 rings (SSSR count). The van der Waals surface area contributed by atoms with E-state index in [-0.39, 0.29) is 25.0 Å². The number of imide groups is 1. The Morgan fingerprint density at radius 3 is 2.28 bits per heavy atom. The maximum absolute atomic E-state index is 11.9. The Balaban J connectivity index is 2.03. The van der Waals surface area contributed by atoms with Crippen LogP contribution >= 0.6 is 0 Å². The molecule has 1 heterocycles. The molecular weight excluding hydrogens is 236 g/mol. The number of benzene rings is 1. The molecule has 0 spiro atoms. The van der Waals surface area contributed by atoms with Gasteiger partial charge in [0, 0.05) is 7.05 Å². The van der Waals surface area contributed by atoms with Crippen LogP contribution in [0.3, 0.4) is 0 Å². The molecule has 18 heavy (non-hydrogen) atoms. The molecular formula is C12H12N2O4. The van der Waals surface area contributed by atoms with Crippen molar-refractivity contribution in [2.75, 3.05) is 20.2 Å². The summed E-state index contributed by atoms with van der Waals surface area (Å²) in [5.41, 5.74) is 0.782. The number of carbonyl (C=O) groups is 3. The van der Waals surface area contributed by atoms with Crippen LogP contribution in [-0.4, -0.2) is 43.0 Å². The largest absolute Gasteiger partial charge is 0.448 e. The number of rotatable bonds is 3. The molecule has 0 unspecified atom stereocenters. The zero-order chi connectivity index (χ0) is 13.1. The van der Waals surface area contributed by atoms with Crippen LogP contribution in [0.2, 0.25) is 0 Å². The second kappa shape index (κ2) is 4.87. The highest BCUT2D eigenvalue weighted by molar-refractivity contribution is 6.21. The van der Waals surface area contributed by atoms with Gasteiger partial charge >= 0.3 is 6.09 Å². The van der Waals surface area contributed by atoms with Gasteiger partial charge in [0.15, 0.2) is 0 Å². The Morgan fingerprint density at radius 2 is 1.78 bits per heavy atom. The average Bonchev–Trinajstić information content (AvgIpc) is 2.64. The third-order valence-corrected chi connectivity index (χ3v) is 2.63. The summed E-state index contributed by atoms with van der Waals surface area (Å²) in [6.45, 7) is 0.0326. The van der Waals surface area contributed by atoms with Gasteiger partial charge in [-0.05, 0) is 12.1 Å². The second-order valence-corrected chi connectivity index (χ2v) is 3.69. The van der Waals surface area contributed by atoms with Crippen LogP contribution in [0.25, 0.3) is 0 Å². The highest BCUT2D eigenvalue weighted by atomic mass is 16.5. The molecule has 0 bridgehead atoms. The van der Waals surface area contributed by atoms with E-state index < -0.39 is 6.09 Å². The molecule has 1 aromatic carbocycles. The van der Waals surface area contributed by atoms with Crippen molar-refractivity contribution in [1.29, 1.82) is 0 Å². The second-order valence-electron chi connectivity index (χ2n) is 3.69. The van der Waals surface area contributed by atoms with Gasteiger partial charge in [0.1, 0.15) is 6.61 Å². The predicted octanol–water partition coefficient (Wildman–Crippen LogP) is 0.639. The normalized spacial score (nSPS) is 13.5. The fourth-order valence-corrected chi connectivity index (χ4v) is 1.74. The van der Waals surface area contributed by atoms with Gasteiger partial charge in [-0.1, -0.05) is 12.1 Å². The number of fused-ring (bicyclic) bond motifs is 1. The fourth-order valence-electron chi connectivity index (χ4n) is 1.74. The monoisotopic (exact) mass is 248 g/mol. The number of hydrogen-bond acceptors (Lipinski definition) is 4. The molecule has 94 valence electrons. The molecule has 0 fully saturated rings. The van der Waals surface area contributed by atoms with Crippen molar-refractivity contribution in [1.82, 2.24) is 10.2 Å². The number of nitrogens with zero attached hydrogens (tertiary/aromatic N) is 1. The minimum absolute atomic E-state index is 0.0227. The Hall–Kier alpha value is -2.37. The van der Waals surface area contributed by atoms with Gasteiger partial charge in [-0.3, -0.25) is 14.5 Å². The molecule has 0 radical (unpaired) electrons. The maximum atomic E-state index is 11.9. The first-order valence-corrected chi connectivity index (χ1v) is 5.45. The lowest BCUT2D eigenvalue weighted by Gasteiger charge is -2.13. The molecule has 0 aliphatic carbocycles. The quantitative estimate of drug-likeness (QED) is 0.796. The van der Waals surface area contributed by atoms with Crippen molar-refractivity contribution in [3.63, 3.8) is 0 Å². The summed E-state index contributed by atoms with van der Waals surface area (Å²) < 4.78 is 4.75. The molecule has 1 N–H and O–H groups in total. The fraction of sp³-hybridized carbons (Fsp3) is 0.250. The zero-order valence-corrected chi connectivity index (χ0v) is 9.80. The van der Waals surface area contributed by atoms with Crippen LogP contribution in [0.4, 0.5) is 4.79 Å². The molecule has 0 aromatic heterocycles. The first-order valence-electron chi connectivity index (χ1n) is 5.45. The van der Waals surface area contributed by atoms with E-state index in [2.05, 4.69) is 5.32 Å². The van der Waals surface area contributed by atoms with Crippen LogP contribution in [0.15, 0.2) is 24.3 Å². The van der Waals surface area contributed by atoms with Gasteiger partial charge in [-0.15, -0.1) is 0 Å². The van der Waals surface area contributed by atoms with E-state index in [4.69, 9.17) is 4.74 Å². The van der Waals surface area contributed by atoms with E-state index in [1.807, 2.05) is 0 Å². The standard InChI is InChI=1S/C12H12N2O4/c1-13-12(17)18-7-6-14-10(15)8-4-2-3-5-9(8)11(14)16/h2-5H,6-7H2,1H3,(H,13,17). The molecule has 1 aromatic rings. The van der Waals surface area contributed by atoms with Crippen LogP contribution in [-0.2, 0) is 4.74 Å². The SMILES string of the molecule is CNC(=O)OCCN1C(=O)c2ccccc2C1=O. The van der Waals surface area contributed by atoms with Crippen molar-refractivity contribution in [3.8, 4) is 0 Å². The summed E-state index contributed by atoms with van der Waals surface area (Å²) >= 11 is 0. The van der Waals surface area contributed by atoms with Crippen LogP contribution in [0, 0.1) is 0 Å². The topological polar surface area (TPSA) is 75.7 Å². The number of amides is 3. The van der Waals surface area contributed by atoms with Gasteiger partial charge in [0.25, 0.3) is 11.8 Å². The summed E-state index contributed by atoms with van der Waals surface area (Å²) in [6, 6.07) is 6.62. The van der Waals surface area contributed by atoms with E-state index in [1.165, 1.54) is 7.05 Å². The lowest BCUT2D eigenvalue weighted by Crippen LogP contribution is -2.34. The van der Waals surface area contributed by atoms with E-state index in [9.17, 15) is 14.4 Å². The third-order valence-electron chi connectivity index (χ3n) is 2.63. The maximum Gasteiger partial charge on any atom is 0.406 e. The van der Waals surface area contributed by atoms with E-state index in [1.54, 1.807) is 24.3 Å². The van der Waals surface area contributed by atoms with Crippen LogP contribution < -0.4 is 5.32 Å². The minimum Gasteiger partial charge on any atom is -0.448 e. The number of carbonyl (C=O) groups excluding carboxylic acids is 3. The number of hydrogen-bond donors (Lipinski definition) is 1. The molecule has 6 nitrogen and oxygen atoms in total. The predicted molar refractivity (Wildman–Crippen MR) is 62.2 cm³/mol. The molecule has 6 heteroatoms. The van der Waals surface area contributed by atoms with Gasteiger partial charge in [0.2, 0.25) is 0 Å². The molecule has 1 aliphatic rings.